The molecule has 0 heterocycles. The van der Waals surface area contributed by atoms with E-state index in [9.17, 15) is 5.11 Å². The fourth-order valence-corrected chi connectivity index (χ4v) is 1.20. The van der Waals surface area contributed by atoms with Crippen LogP contribution in [0.4, 0.5) is 0 Å². The summed E-state index contributed by atoms with van der Waals surface area (Å²) < 4.78 is 34.4. The maximum Gasteiger partial charge on any atom is 1.00 e. The van der Waals surface area contributed by atoms with E-state index in [0.717, 1.165) is 0 Å². The third kappa shape index (κ3) is 12.5. The molecule has 1 N–H and O–H groups in total. The molecule has 0 saturated carbocycles. The van der Waals surface area contributed by atoms with Crippen LogP contribution in [0.25, 0.3) is 0 Å². The molecule has 0 spiro atoms. The Bertz CT molecular complexity index is 369. The van der Waals surface area contributed by atoms with E-state index in [-0.39, 0.29) is 65.0 Å². The molecule has 0 aromatic heterocycles. The first-order chi connectivity index (χ1) is 6.54. The van der Waals surface area contributed by atoms with Crippen LogP contribution in [0.3, 0.4) is 0 Å². The third-order valence-corrected chi connectivity index (χ3v) is 2.43. The number of hydrogen-bond donors (Lipinski definition) is 1. The number of hydrogen-bond acceptors (Lipinski definition) is 5. The van der Waals surface area contributed by atoms with Gasteiger partial charge in [0.15, 0.2) is 0 Å². The summed E-state index contributed by atoms with van der Waals surface area (Å²) in [5, 5.41) is 10.3. The van der Waals surface area contributed by atoms with Crippen LogP contribution < -0.4 is 67.5 Å². The number of halogens is 1. The third-order valence-electron chi connectivity index (χ3n) is 1.98. The Hall–Kier alpha value is 1.77. The van der Waals surface area contributed by atoms with Crippen LogP contribution in [-0.2, 0) is 7.67 Å². The summed E-state index contributed by atoms with van der Waals surface area (Å²) >= 11 is 0.0515. The fraction of sp³-hybridized carbons (Fsp3) is 0.500. The summed E-state index contributed by atoms with van der Waals surface area (Å²) in [6.07, 6.45) is 5.34. The average Bonchev–Trinajstić information content (AvgIpc) is 1.96. The predicted molar refractivity (Wildman–Crippen MR) is 50.0 cm³/mol. The van der Waals surface area contributed by atoms with Gasteiger partial charge in [-0.3, -0.25) is 0 Å². The first kappa shape index (κ1) is 23.8. The van der Waals surface area contributed by atoms with E-state index in [0.29, 0.717) is 5.03 Å². The Labute approximate surface area is 152 Å². The first-order valence-electron chi connectivity index (χ1n) is 3.98. The van der Waals surface area contributed by atoms with Gasteiger partial charge in [0.2, 0.25) is 0 Å². The molecule has 17 heavy (non-hydrogen) atoms. The number of rotatable bonds is 0. The quantitative estimate of drug-likeness (QED) is 0.439. The van der Waals surface area contributed by atoms with E-state index in [1.54, 1.807) is 19.1 Å². The monoisotopic (exact) mass is 348 g/mol. The summed E-state index contributed by atoms with van der Waals surface area (Å²) in [5.74, 6) is 0.0131. The summed E-state index contributed by atoms with van der Waals surface area (Å²) in [7, 11) is 0. The van der Waals surface area contributed by atoms with Gasteiger partial charge in [0.25, 0.3) is 0 Å². The van der Waals surface area contributed by atoms with Crippen molar-refractivity contribution in [1.29, 1.82) is 0 Å². The Morgan fingerprint density at radius 2 is 1.76 bits per heavy atom. The SMILES string of the molecule is CC1C(Cl)=CC=CC1(C)O.O=[Se](=O)([O-])[O-].[Na+].[Na+]. The van der Waals surface area contributed by atoms with Gasteiger partial charge in [-0.25, -0.2) is 0 Å². The second-order valence-electron chi connectivity index (χ2n) is 3.27. The summed E-state index contributed by atoms with van der Waals surface area (Å²) in [5.41, 5.74) is -0.772. The van der Waals surface area contributed by atoms with Crippen LogP contribution in [0, 0.1) is 5.92 Å². The van der Waals surface area contributed by atoms with Crippen LogP contribution >= 0.6 is 11.6 Å². The van der Waals surface area contributed by atoms with Crippen molar-refractivity contribution in [3.8, 4) is 0 Å². The molecular formula is C8H11ClNa2O5Se. The molecule has 1 rings (SSSR count). The van der Waals surface area contributed by atoms with Crippen molar-refractivity contribution in [2.24, 2.45) is 5.92 Å². The van der Waals surface area contributed by atoms with Crippen LogP contribution in [0.2, 0.25) is 0 Å². The van der Waals surface area contributed by atoms with Gasteiger partial charge < -0.3 is 5.11 Å². The van der Waals surface area contributed by atoms with Crippen molar-refractivity contribution in [3.63, 3.8) is 0 Å². The Morgan fingerprint density at radius 3 is 2.00 bits per heavy atom. The normalized spacial score (nSPS) is 26.7. The topological polar surface area (TPSA) is 100 Å². The second-order valence-corrected chi connectivity index (χ2v) is 5.42. The van der Waals surface area contributed by atoms with Crippen LogP contribution in [0.5, 0.6) is 0 Å². The molecule has 88 valence electrons. The number of aliphatic hydroxyl groups is 1. The van der Waals surface area contributed by atoms with E-state index in [2.05, 4.69) is 0 Å². The van der Waals surface area contributed by atoms with Crippen LogP contribution in [0.1, 0.15) is 13.8 Å². The average molecular weight is 348 g/mol. The van der Waals surface area contributed by atoms with E-state index in [1.165, 1.54) is 0 Å². The Balaban J connectivity index is -0.000000247. The van der Waals surface area contributed by atoms with Gasteiger partial charge in [-0.05, 0) is 13.0 Å². The molecule has 1 aliphatic carbocycles. The largest absolute Gasteiger partial charge is 1.00 e. The number of allylic oxidation sites excluding steroid dienone is 2. The molecule has 1 aliphatic rings. The fourth-order valence-electron chi connectivity index (χ4n) is 0.903. The Kier molecular flexibility index (Phi) is 13.5. The Morgan fingerprint density at radius 1 is 1.41 bits per heavy atom. The van der Waals surface area contributed by atoms with Gasteiger partial charge in [0.05, 0.1) is 5.60 Å². The molecule has 0 radical (unpaired) electrons. The van der Waals surface area contributed by atoms with Crippen LogP contribution in [-0.4, -0.2) is 24.1 Å². The minimum Gasteiger partial charge on any atom is 1.00 e. The first-order valence-corrected chi connectivity index (χ1v) is 7.15. The van der Waals surface area contributed by atoms with E-state index >= 15 is 0 Å². The maximum absolute atomic E-state index is 9.60. The molecule has 0 aromatic carbocycles. The van der Waals surface area contributed by atoms with Crippen molar-refractivity contribution in [2.75, 3.05) is 0 Å². The summed E-state index contributed by atoms with van der Waals surface area (Å²) in [6.45, 7) is 3.66. The minimum absolute atomic E-state index is 0. The van der Waals surface area contributed by atoms with E-state index < -0.39 is 19.0 Å². The van der Waals surface area contributed by atoms with Gasteiger partial charge in [-0.1, -0.05) is 30.7 Å². The standard InChI is InChI=1S/C8H11ClO.2Na.H2O4Se/c1-6-7(9)4-3-5-8(6,2)10;;;1-5(2,3)4/h3-6,10H,1-2H3;;;(H2,1,2,3,4)/q;2*+1;/p-2. The van der Waals surface area contributed by atoms with Gasteiger partial charge >= 0.3 is 88.5 Å². The summed E-state index contributed by atoms with van der Waals surface area (Å²) in [6, 6.07) is 0. The molecule has 0 aliphatic heterocycles. The van der Waals surface area contributed by atoms with Crippen molar-refractivity contribution in [2.45, 2.75) is 19.4 Å². The zero-order chi connectivity index (χ0) is 12.3. The molecule has 0 amide bonds. The molecule has 0 fully saturated rings. The second kappa shape index (κ2) is 9.64. The molecule has 0 saturated heterocycles. The summed E-state index contributed by atoms with van der Waals surface area (Å²) in [4.78, 5) is 0. The van der Waals surface area contributed by atoms with Crippen molar-refractivity contribution < 1.29 is 80.3 Å². The predicted octanol–water partition coefficient (Wildman–Crippen LogP) is -6.92. The zero-order valence-electron chi connectivity index (χ0n) is 10.2. The molecule has 2 atom stereocenters. The van der Waals surface area contributed by atoms with Gasteiger partial charge in [-0.15, -0.1) is 0 Å². The molecule has 5 nitrogen and oxygen atoms in total. The van der Waals surface area contributed by atoms with E-state index in [4.69, 9.17) is 27.6 Å². The molecule has 0 aromatic rings. The van der Waals surface area contributed by atoms with Crippen LogP contribution in [0.15, 0.2) is 23.3 Å². The van der Waals surface area contributed by atoms with Crippen molar-refractivity contribution in [3.05, 3.63) is 23.3 Å². The van der Waals surface area contributed by atoms with Gasteiger partial charge in [0, 0.05) is 11.0 Å². The zero-order valence-corrected chi connectivity index (χ0v) is 16.6. The molecule has 9 heteroatoms. The molecule has 2 unspecified atom stereocenters. The molecular weight excluding hydrogens is 336 g/mol. The maximum atomic E-state index is 9.60. The van der Waals surface area contributed by atoms with E-state index in [1.807, 2.05) is 13.0 Å². The van der Waals surface area contributed by atoms with Gasteiger partial charge in [0.1, 0.15) is 0 Å². The van der Waals surface area contributed by atoms with Crippen molar-refractivity contribution in [1.82, 2.24) is 0 Å². The van der Waals surface area contributed by atoms with Gasteiger partial charge in [-0.2, -0.15) is 0 Å². The molecule has 0 bridgehead atoms. The smallest absolute Gasteiger partial charge is 1.00 e. The minimum atomic E-state index is -5.75. The van der Waals surface area contributed by atoms with Crippen molar-refractivity contribution >= 4 is 25.0 Å².